The number of carbonyl (C=O) groups is 1. The van der Waals surface area contributed by atoms with Crippen LogP contribution in [0, 0.1) is 10.1 Å². The lowest BCUT2D eigenvalue weighted by molar-refractivity contribution is -0.385. The second kappa shape index (κ2) is 5.79. The van der Waals surface area contributed by atoms with Crippen LogP contribution in [0.15, 0.2) is 12.4 Å². The number of rotatable bonds is 5. The number of aromatic nitrogens is 2. The smallest absolute Gasteiger partial charge is 0.323 e. The first-order valence-corrected chi connectivity index (χ1v) is 6.10. The molecule has 1 saturated heterocycles. The van der Waals surface area contributed by atoms with Crippen molar-refractivity contribution in [1.29, 1.82) is 0 Å². The number of hydrogen-bond donors (Lipinski definition) is 0. The summed E-state index contributed by atoms with van der Waals surface area (Å²) in [6, 6.07) is -0.199. The monoisotopic (exact) mass is 268 g/mol. The first-order chi connectivity index (χ1) is 9.11. The SMILES string of the molecule is COC(=O)C1CCCN1CCn1cc([N+](=O)[O-])cn1. The lowest BCUT2D eigenvalue weighted by atomic mass is 10.2. The van der Waals surface area contributed by atoms with Crippen LogP contribution in [0.1, 0.15) is 12.8 Å². The maximum Gasteiger partial charge on any atom is 0.323 e. The van der Waals surface area contributed by atoms with Crippen molar-refractivity contribution in [2.75, 3.05) is 20.2 Å². The van der Waals surface area contributed by atoms with Crippen LogP contribution >= 0.6 is 0 Å². The minimum absolute atomic E-state index is 0.0223. The molecule has 0 aromatic carbocycles. The highest BCUT2D eigenvalue weighted by Gasteiger charge is 2.31. The summed E-state index contributed by atoms with van der Waals surface area (Å²) >= 11 is 0. The molecule has 1 unspecified atom stereocenters. The lowest BCUT2D eigenvalue weighted by Gasteiger charge is -2.21. The molecule has 19 heavy (non-hydrogen) atoms. The van der Waals surface area contributed by atoms with Crippen molar-refractivity contribution in [3.63, 3.8) is 0 Å². The van der Waals surface area contributed by atoms with E-state index < -0.39 is 4.92 Å². The molecule has 1 aromatic heterocycles. The standard InChI is InChI=1S/C11H16N4O4/c1-19-11(16)10-3-2-4-13(10)5-6-14-8-9(7-12-14)15(17)18/h7-8,10H,2-6H2,1H3. The third-order valence-electron chi connectivity index (χ3n) is 3.28. The first kappa shape index (κ1) is 13.5. The topological polar surface area (TPSA) is 90.5 Å². The van der Waals surface area contributed by atoms with E-state index in [1.807, 2.05) is 4.90 Å². The highest BCUT2D eigenvalue weighted by Crippen LogP contribution is 2.18. The van der Waals surface area contributed by atoms with Crippen molar-refractivity contribution in [3.05, 3.63) is 22.5 Å². The van der Waals surface area contributed by atoms with Gasteiger partial charge in [0.1, 0.15) is 18.4 Å². The number of methoxy groups -OCH3 is 1. The summed E-state index contributed by atoms with van der Waals surface area (Å²) in [4.78, 5) is 23.6. The van der Waals surface area contributed by atoms with E-state index in [9.17, 15) is 14.9 Å². The number of likely N-dealkylation sites (tertiary alicyclic amines) is 1. The largest absolute Gasteiger partial charge is 0.468 e. The van der Waals surface area contributed by atoms with Crippen LogP contribution in [-0.2, 0) is 16.1 Å². The Bertz CT molecular complexity index is 473. The third-order valence-corrected chi connectivity index (χ3v) is 3.28. The average molecular weight is 268 g/mol. The summed E-state index contributed by atoms with van der Waals surface area (Å²) in [5.74, 6) is -0.219. The fourth-order valence-corrected chi connectivity index (χ4v) is 2.30. The maximum absolute atomic E-state index is 11.6. The molecule has 1 aromatic rings. The predicted molar refractivity (Wildman–Crippen MR) is 65.5 cm³/mol. The van der Waals surface area contributed by atoms with Gasteiger partial charge < -0.3 is 4.74 Å². The molecule has 0 amide bonds. The van der Waals surface area contributed by atoms with Gasteiger partial charge in [-0.15, -0.1) is 0 Å². The number of nitro groups is 1. The maximum atomic E-state index is 11.6. The Labute approximate surface area is 110 Å². The fourth-order valence-electron chi connectivity index (χ4n) is 2.30. The van der Waals surface area contributed by atoms with Gasteiger partial charge in [0.25, 0.3) is 0 Å². The van der Waals surface area contributed by atoms with Crippen molar-refractivity contribution >= 4 is 11.7 Å². The molecule has 0 radical (unpaired) electrons. The molecule has 1 aliphatic heterocycles. The zero-order chi connectivity index (χ0) is 13.8. The zero-order valence-electron chi connectivity index (χ0n) is 10.7. The summed E-state index contributed by atoms with van der Waals surface area (Å²) in [7, 11) is 1.38. The van der Waals surface area contributed by atoms with Crippen molar-refractivity contribution in [2.24, 2.45) is 0 Å². The van der Waals surface area contributed by atoms with Gasteiger partial charge in [-0.1, -0.05) is 0 Å². The van der Waals surface area contributed by atoms with E-state index in [0.29, 0.717) is 13.1 Å². The van der Waals surface area contributed by atoms with Gasteiger partial charge in [-0.05, 0) is 19.4 Å². The van der Waals surface area contributed by atoms with Gasteiger partial charge >= 0.3 is 11.7 Å². The number of hydrogen-bond acceptors (Lipinski definition) is 6. The normalized spacial score (nSPS) is 19.5. The predicted octanol–water partition coefficient (Wildman–Crippen LogP) is 0.429. The van der Waals surface area contributed by atoms with Gasteiger partial charge in [-0.25, -0.2) is 0 Å². The molecule has 0 bridgehead atoms. The lowest BCUT2D eigenvalue weighted by Crippen LogP contribution is -2.38. The van der Waals surface area contributed by atoms with Crippen molar-refractivity contribution in [2.45, 2.75) is 25.4 Å². The summed E-state index contributed by atoms with van der Waals surface area (Å²) in [6.45, 7) is 1.98. The summed E-state index contributed by atoms with van der Waals surface area (Å²) in [6.07, 6.45) is 4.37. The molecule has 2 heterocycles. The highest BCUT2D eigenvalue weighted by atomic mass is 16.6. The van der Waals surface area contributed by atoms with Crippen molar-refractivity contribution < 1.29 is 14.5 Å². The zero-order valence-corrected chi connectivity index (χ0v) is 10.7. The van der Waals surface area contributed by atoms with E-state index in [1.165, 1.54) is 24.2 Å². The Hall–Kier alpha value is -1.96. The Kier molecular flexibility index (Phi) is 4.10. The van der Waals surface area contributed by atoms with Crippen LogP contribution in [0.4, 0.5) is 5.69 Å². The van der Waals surface area contributed by atoms with Crippen LogP contribution in [0.2, 0.25) is 0 Å². The Morgan fingerprint density at radius 3 is 3.05 bits per heavy atom. The minimum atomic E-state index is -0.476. The molecule has 1 atom stereocenters. The third kappa shape index (κ3) is 3.08. The van der Waals surface area contributed by atoms with Crippen LogP contribution in [-0.4, -0.2) is 51.8 Å². The fraction of sp³-hybridized carbons (Fsp3) is 0.636. The Balaban J connectivity index is 1.90. The summed E-state index contributed by atoms with van der Waals surface area (Å²) in [5.41, 5.74) is -0.0223. The Morgan fingerprint density at radius 2 is 2.42 bits per heavy atom. The van der Waals surface area contributed by atoms with E-state index >= 15 is 0 Å². The second-order valence-electron chi connectivity index (χ2n) is 4.44. The van der Waals surface area contributed by atoms with E-state index in [2.05, 4.69) is 5.10 Å². The molecule has 2 rings (SSSR count). The number of carbonyl (C=O) groups excluding carboxylic acids is 1. The number of esters is 1. The van der Waals surface area contributed by atoms with Crippen molar-refractivity contribution in [3.8, 4) is 0 Å². The van der Waals surface area contributed by atoms with Gasteiger partial charge in [0.2, 0.25) is 0 Å². The van der Waals surface area contributed by atoms with Crippen molar-refractivity contribution in [1.82, 2.24) is 14.7 Å². The summed E-state index contributed by atoms with van der Waals surface area (Å²) < 4.78 is 6.28. The first-order valence-electron chi connectivity index (χ1n) is 6.10. The van der Waals surface area contributed by atoms with E-state index in [1.54, 1.807) is 0 Å². The minimum Gasteiger partial charge on any atom is -0.468 e. The number of ether oxygens (including phenoxy) is 1. The van der Waals surface area contributed by atoms with Gasteiger partial charge in [-0.3, -0.25) is 24.5 Å². The molecule has 0 N–H and O–H groups in total. The molecule has 8 nitrogen and oxygen atoms in total. The molecule has 0 spiro atoms. The van der Waals surface area contributed by atoms with Crippen LogP contribution < -0.4 is 0 Å². The van der Waals surface area contributed by atoms with Crippen LogP contribution in [0.5, 0.6) is 0 Å². The average Bonchev–Trinajstić information content (AvgIpc) is 3.04. The van der Waals surface area contributed by atoms with E-state index in [0.717, 1.165) is 19.4 Å². The van der Waals surface area contributed by atoms with Gasteiger partial charge in [0.15, 0.2) is 0 Å². The molecule has 1 fully saturated rings. The molecule has 0 aliphatic carbocycles. The van der Waals surface area contributed by atoms with Gasteiger partial charge in [0.05, 0.1) is 18.6 Å². The van der Waals surface area contributed by atoms with Gasteiger partial charge in [0, 0.05) is 6.54 Å². The quantitative estimate of drug-likeness (QED) is 0.437. The van der Waals surface area contributed by atoms with Crippen LogP contribution in [0.25, 0.3) is 0 Å². The van der Waals surface area contributed by atoms with E-state index in [4.69, 9.17) is 4.74 Å². The van der Waals surface area contributed by atoms with Gasteiger partial charge in [-0.2, -0.15) is 5.10 Å². The molecule has 104 valence electrons. The number of nitrogens with zero attached hydrogens (tertiary/aromatic N) is 4. The Morgan fingerprint density at radius 1 is 1.63 bits per heavy atom. The molecule has 8 heteroatoms. The summed E-state index contributed by atoms with van der Waals surface area (Å²) in [5, 5.41) is 14.5. The highest BCUT2D eigenvalue weighted by molar-refractivity contribution is 5.75. The molecule has 0 saturated carbocycles. The molecular weight excluding hydrogens is 252 g/mol. The van der Waals surface area contributed by atoms with Crippen LogP contribution in [0.3, 0.4) is 0 Å². The molecular formula is C11H16N4O4. The van der Waals surface area contributed by atoms with E-state index in [-0.39, 0.29) is 17.7 Å². The molecule has 1 aliphatic rings. The second-order valence-corrected chi connectivity index (χ2v) is 4.44.